The quantitative estimate of drug-likeness (QED) is 0.886. The van der Waals surface area contributed by atoms with Crippen LogP contribution in [-0.4, -0.2) is 34.5 Å². The molecule has 0 spiro atoms. The zero-order valence-electron chi connectivity index (χ0n) is 11.8. The van der Waals surface area contributed by atoms with E-state index in [-0.39, 0.29) is 11.4 Å². The summed E-state index contributed by atoms with van der Waals surface area (Å²) in [5.74, 6) is -0.0275. The standard InChI is InChI=1S/C14H19N3O3/c1-3-4-17-13(18)11(7-15)10(2)12(14(17)19)8-16-5-6-20-9-16/h19H,3-6,8-9H2,1-2H3. The van der Waals surface area contributed by atoms with Gasteiger partial charge in [0.25, 0.3) is 5.56 Å². The summed E-state index contributed by atoms with van der Waals surface area (Å²) in [6.07, 6.45) is 0.716. The number of hydrogen-bond donors (Lipinski definition) is 1. The number of aromatic hydroxyl groups is 1. The Hall–Kier alpha value is -1.84. The van der Waals surface area contributed by atoms with Gasteiger partial charge in [-0.25, -0.2) is 0 Å². The van der Waals surface area contributed by atoms with Crippen molar-refractivity contribution in [2.75, 3.05) is 19.9 Å². The second kappa shape index (κ2) is 6.07. The highest BCUT2D eigenvalue weighted by molar-refractivity contribution is 5.45. The van der Waals surface area contributed by atoms with Crippen LogP contribution < -0.4 is 5.56 Å². The predicted octanol–water partition coefficient (Wildman–Crippen LogP) is 0.934. The molecule has 2 rings (SSSR count). The minimum absolute atomic E-state index is 0.0275. The average molecular weight is 277 g/mol. The lowest BCUT2D eigenvalue weighted by molar-refractivity contribution is 0.136. The first kappa shape index (κ1) is 14.6. The molecule has 6 heteroatoms. The molecule has 2 heterocycles. The van der Waals surface area contributed by atoms with E-state index >= 15 is 0 Å². The molecule has 1 saturated heterocycles. The molecule has 1 aliphatic rings. The fourth-order valence-electron chi connectivity index (χ4n) is 2.43. The SMILES string of the molecule is CCCn1c(O)c(CN2CCOC2)c(C)c(C#N)c1=O. The van der Waals surface area contributed by atoms with Gasteiger partial charge in [0, 0.05) is 25.2 Å². The smallest absolute Gasteiger partial charge is 0.271 e. The van der Waals surface area contributed by atoms with E-state index < -0.39 is 5.56 Å². The van der Waals surface area contributed by atoms with E-state index in [0.29, 0.717) is 44.0 Å². The van der Waals surface area contributed by atoms with Gasteiger partial charge in [-0.1, -0.05) is 6.92 Å². The summed E-state index contributed by atoms with van der Waals surface area (Å²) in [4.78, 5) is 14.2. The Labute approximate surface area is 117 Å². The molecule has 0 aromatic carbocycles. The molecule has 0 aliphatic carbocycles. The van der Waals surface area contributed by atoms with Crippen LogP contribution in [0.4, 0.5) is 0 Å². The molecule has 0 bridgehead atoms. The Balaban J connectivity index is 2.51. The fourth-order valence-corrected chi connectivity index (χ4v) is 2.43. The van der Waals surface area contributed by atoms with Crippen molar-refractivity contribution in [3.8, 4) is 11.9 Å². The zero-order valence-corrected chi connectivity index (χ0v) is 11.8. The van der Waals surface area contributed by atoms with Crippen molar-refractivity contribution in [1.29, 1.82) is 5.26 Å². The van der Waals surface area contributed by atoms with E-state index in [1.807, 2.05) is 17.9 Å². The summed E-state index contributed by atoms with van der Waals surface area (Å²) in [5, 5.41) is 19.5. The Morgan fingerprint density at radius 2 is 2.25 bits per heavy atom. The van der Waals surface area contributed by atoms with Crippen molar-refractivity contribution >= 4 is 0 Å². The summed E-state index contributed by atoms with van der Waals surface area (Å²) in [6.45, 7) is 6.48. The molecular weight excluding hydrogens is 258 g/mol. The van der Waals surface area contributed by atoms with Crippen LogP contribution in [-0.2, 0) is 17.8 Å². The molecule has 1 aliphatic heterocycles. The average Bonchev–Trinajstić information content (AvgIpc) is 2.93. The van der Waals surface area contributed by atoms with Crippen LogP contribution in [0.5, 0.6) is 5.88 Å². The highest BCUT2D eigenvalue weighted by Gasteiger charge is 2.22. The first-order valence-electron chi connectivity index (χ1n) is 6.75. The number of hydrogen-bond acceptors (Lipinski definition) is 5. The summed E-state index contributed by atoms with van der Waals surface area (Å²) in [7, 11) is 0. The number of nitrogens with zero attached hydrogens (tertiary/aromatic N) is 3. The van der Waals surface area contributed by atoms with Crippen molar-refractivity contribution in [3.63, 3.8) is 0 Å². The Kier molecular flexibility index (Phi) is 4.42. The van der Waals surface area contributed by atoms with E-state index in [4.69, 9.17) is 4.74 Å². The molecule has 6 nitrogen and oxygen atoms in total. The van der Waals surface area contributed by atoms with Gasteiger partial charge in [0.05, 0.1) is 13.3 Å². The van der Waals surface area contributed by atoms with Gasteiger partial charge in [0.15, 0.2) is 5.88 Å². The highest BCUT2D eigenvalue weighted by atomic mass is 16.5. The van der Waals surface area contributed by atoms with E-state index in [0.717, 1.165) is 6.54 Å². The molecule has 0 atom stereocenters. The highest BCUT2D eigenvalue weighted by Crippen LogP contribution is 2.24. The van der Waals surface area contributed by atoms with Gasteiger partial charge in [-0.05, 0) is 18.9 Å². The zero-order chi connectivity index (χ0) is 14.7. The number of nitriles is 1. The second-order valence-electron chi connectivity index (χ2n) is 4.96. The number of ether oxygens (including phenoxy) is 1. The van der Waals surface area contributed by atoms with Crippen molar-refractivity contribution in [1.82, 2.24) is 9.47 Å². The molecule has 0 radical (unpaired) electrons. The normalized spacial score (nSPS) is 15.4. The maximum Gasteiger partial charge on any atom is 0.271 e. The molecule has 1 N–H and O–H groups in total. The van der Waals surface area contributed by atoms with Gasteiger partial charge in [-0.2, -0.15) is 5.26 Å². The summed E-state index contributed by atoms with van der Waals surface area (Å²) < 4.78 is 6.57. The van der Waals surface area contributed by atoms with Gasteiger partial charge >= 0.3 is 0 Å². The topological polar surface area (TPSA) is 78.5 Å². The monoisotopic (exact) mass is 277 g/mol. The van der Waals surface area contributed by atoms with Crippen LogP contribution in [0.3, 0.4) is 0 Å². The number of rotatable bonds is 4. The molecule has 1 aromatic rings. The number of pyridine rings is 1. The van der Waals surface area contributed by atoms with Crippen LogP contribution in [0.2, 0.25) is 0 Å². The van der Waals surface area contributed by atoms with Gasteiger partial charge in [-0.15, -0.1) is 0 Å². The summed E-state index contributed by atoms with van der Waals surface area (Å²) in [6, 6.07) is 1.96. The van der Waals surface area contributed by atoms with E-state index in [1.165, 1.54) is 4.57 Å². The first-order valence-corrected chi connectivity index (χ1v) is 6.75. The van der Waals surface area contributed by atoms with Crippen molar-refractivity contribution in [2.24, 2.45) is 0 Å². The minimum Gasteiger partial charge on any atom is -0.494 e. The molecular formula is C14H19N3O3. The van der Waals surface area contributed by atoms with Gasteiger partial charge in [0.2, 0.25) is 0 Å². The Morgan fingerprint density at radius 3 is 2.80 bits per heavy atom. The number of aromatic nitrogens is 1. The van der Waals surface area contributed by atoms with Gasteiger partial charge in [0.1, 0.15) is 11.6 Å². The van der Waals surface area contributed by atoms with Crippen LogP contribution in [0, 0.1) is 18.3 Å². The van der Waals surface area contributed by atoms with Crippen LogP contribution in [0.15, 0.2) is 4.79 Å². The Morgan fingerprint density at radius 1 is 1.50 bits per heavy atom. The molecule has 0 unspecified atom stereocenters. The van der Waals surface area contributed by atoms with Gasteiger partial charge in [-0.3, -0.25) is 14.3 Å². The molecule has 1 fully saturated rings. The third-order valence-electron chi connectivity index (χ3n) is 3.58. The molecule has 0 saturated carbocycles. The van der Waals surface area contributed by atoms with E-state index in [9.17, 15) is 15.2 Å². The fraction of sp³-hybridized carbons (Fsp3) is 0.571. The predicted molar refractivity (Wildman–Crippen MR) is 73.3 cm³/mol. The third-order valence-corrected chi connectivity index (χ3v) is 3.58. The van der Waals surface area contributed by atoms with Crippen LogP contribution in [0.25, 0.3) is 0 Å². The molecule has 0 amide bonds. The minimum atomic E-state index is -0.411. The molecule has 1 aromatic heterocycles. The second-order valence-corrected chi connectivity index (χ2v) is 4.96. The third kappa shape index (κ3) is 2.55. The largest absolute Gasteiger partial charge is 0.494 e. The first-order chi connectivity index (χ1) is 9.60. The van der Waals surface area contributed by atoms with Gasteiger partial charge < -0.3 is 9.84 Å². The van der Waals surface area contributed by atoms with E-state index in [2.05, 4.69) is 0 Å². The summed E-state index contributed by atoms with van der Waals surface area (Å²) in [5.41, 5.74) is 0.909. The van der Waals surface area contributed by atoms with Crippen LogP contribution in [0.1, 0.15) is 30.0 Å². The van der Waals surface area contributed by atoms with Crippen molar-refractivity contribution < 1.29 is 9.84 Å². The van der Waals surface area contributed by atoms with Crippen molar-refractivity contribution in [3.05, 3.63) is 27.0 Å². The maximum absolute atomic E-state index is 12.2. The molecule has 20 heavy (non-hydrogen) atoms. The lowest BCUT2D eigenvalue weighted by atomic mass is 10.0. The Bertz CT molecular complexity index is 595. The van der Waals surface area contributed by atoms with Crippen LogP contribution >= 0.6 is 0 Å². The van der Waals surface area contributed by atoms with E-state index in [1.54, 1.807) is 6.92 Å². The lowest BCUT2D eigenvalue weighted by Crippen LogP contribution is -2.28. The summed E-state index contributed by atoms with van der Waals surface area (Å²) >= 11 is 0. The lowest BCUT2D eigenvalue weighted by Gasteiger charge is -2.19. The molecule has 108 valence electrons. The van der Waals surface area contributed by atoms with Crippen molar-refractivity contribution in [2.45, 2.75) is 33.4 Å². The maximum atomic E-state index is 12.2.